The lowest BCUT2D eigenvalue weighted by molar-refractivity contribution is -0.161. The Bertz CT molecular complexity index is 868. The minimum absolute atomic E-state index is 0.178. The number of aliphatic hydroxyl groups excluding tert-OH is 2. The minimum Gasteiger partial charge on any atom is -0.462 e. The molecule has 0 radical (unpaired) electrons. The lowest BCUT2D eigenvalue weighted by Gasteiger charge is -2.20. The summed E-state index contributed by atoms with van der Waals surface area (Å²) < 4.78 is 32.6. The largest absolute Gasteiger partial charge is 0.472 e. The molecular weight excluding hydrogens is 671 g/mol. The average molecular weight is 749 g/mol. The van der Waals surface area contributed by atoms with E-state index in [1.54, 1.807) is 0 Å². The molecule has 0 aromatic rings. The van der Waals surface area contributed by atoms with Gasteiger partial charge >= 0.3 is 19.8 Å². The standard InChI is InChI=1S/C40H77O10P/c1-3-5-7-9-11-13-15-17-18-20-22-24-26-28-30-32-40(44)50-38(36-49-51(45,46)48-34-37(42)33-41)35-47-39(43)31-29-27-25-23-21-19-16-14-12-10-8-6-4-2/h17-18,37-38,41-42H,3-16,19-36H2,1-2H3,(H,45,46)/b18-17-/t37-,38+/m1/s1. The topological polar surface area (TPSA) is 149 Å². The molecule has 0 aromatic carbocycles. The van der Waals surface area contributed by atoms with Crippen LogP contribution in [0.15, 0.2) is 12.2 Å². The Hall–Kier alpha value is -1.29. The molecule has 0 heterocycles. The summed E-state index contributed by atoms with van der Waals surface area (Å²) in [7, 11) is -4.61. The van der Waals surface area contributed by atoms with E-state index >= 15 is 0 Å². The van der Waals surface area contributed by atoms with Crippen LogP contribution in [0, 0.1) is 0 Å². The van der Waals surface area contributed by atoms with E-state index in [-0.39, 0.29) is 19.4 Å². The third-order valence-electron chi connectivity index (χ3n) is 8.92. The van der Waals surface area contributed by atoms with Crippen molar-refractivity contribution in [3.63, 3.8) is 0 Å². The Kier molecular flexibility index (Phi) is 36.1. The first-order valence-electron chi connectivity index (χ1n) is 20.6. The van der Waals surface area contributed by atoms with Gasteiger partial charge in [-0.25, -0.2) is 4.57 Å². The van der Waals surface area contributed by atoms with Crippen molar-refractivity contribution in [1.82, 2.24) is 0 Å². The second-order valence-corrected chi connectivity index (χ2v) is 15.5. The zero-order valence-electron chi connectivity index (χ0n) is 32.6. The fourth-order valence-electron chi connectivity index (χ4n) is 5.69. The Morgan fingerprint density at radius 1 is 0.569 bits per heavy atom. The van der Waals surface area contributed by atoms with Crippen molar-refractivity contribution in [3.8, 4) is 0 Å². The molecule has 0 aliphatic carbocycles. The molecule has 0 spiro atoms. The summed E-state index contributed by atoms with van der Waals surface area (Å²) in [5.41, 5.74) is 0. The molecule has 0 aliphatic heterocycles. The third kappa shape index (κ3) is 36.8. The van der Waals surface area contributed by atoms with Crippen molar-refractivity contribution in [1.29, 1.82) is 0 Å². The van der Waals surface area contributed by atoms with Crippen LogP contribution in [-0.2, 0) is 32.7 Å². The number of carbonyl (C=O) groups is 2. The van der Waals surface area contributed by atoms with Crippen molar-refractivity contribution < 1.29 is 47.8 Å². The molecule has 0 aliphatic rings. The van der Waals surface area contributed by atoms with Crippen molar-refractivity contribution in [2.24, 2.45) is 0 Å². The van der Waals surface area contributed by atoms with Crippen LogP contribution in [0.2, 0.25) is 0 Å². The van der Waals surface area contributed by atoms with Crippen LogP contribution >= 0.6 is 7.82 Å². The summed E-state index contributed by atoms with van der Waals surface area (Å²) in [6.45, 7) is 2.37. The number of allylic oxidation sites excluding steroid dienone is 2. The molecule has 0 amide bonds. The maximum Gasteiger partial charge on any atom is 0.472 e. The zero-order chi connectivity index (χ0) is 37.7. The second-order valence-electron chi connectivity index (χ2n) is 14.0. The molecular formula is C40H77O10P. The highest BCUT2D eigenvalue weighted by Gasteiger charge is 2.27. The first-order valence-corrected chi connectivity index (χ1v) is 22.1. The van der Waals surface area contributed by atoms with E-state index in [0.717, 1.165) is 57.8 Å². The Morgan fingerprint density at radius 3 is 1.41 bits per heavy atom. The van der Waals surface area contributed by atoms with Crippen LogP contribution in [0.1, 0.15) is 194 Å². The van der Waals surface area contributed by atoms with Crippen LogP contribution in [0.3, 0.4) is 0 Å². The number of unbranched alkanes of at least 4 members (excludes halogenated alkanes) is 23. The number of phosphoric acid groups is 1. The average Bonchev–Trinajstić information content (AvgIpc) is 3.12. The van der Waals surface area contributed by atoms with E-state index in [0.29, 0.717) is 12.8 Å². The Morgan fingerprint density at radius 2 is 0.961 bits per heavy atom. The molecule has 302 valence electrons. The van der Waals surface area contributed by atoms with Crippen molar-refractivity contribution in [3.05, 3.63) is 12.2 Å². The van der Waals surface area contributed by atoms with Gasteiger partial charge in [-0.1, -0.05) is 154 Å². The normalized spacial score (nSPS) is 14.1. The molecule has 0 rings (SSSR count). The maximum absolute atomic E-state index is 12.6. The predicted octanol–water partition coefficient (Wildman–Crippen LogP) is 10.4. The van der Waals surface area contributed by atoms with E-state index < -0.39 is 51.8 Å². The summed E-state index contributed by atoms with van der Waals surface area (Å²) in [6.07, 6.45) is 33.2. The molecule has 0 aromatic heterocycles. The number of hydrogen-bond donors (Lipinski definition) is 3. The number of carbonyl (C=O) groups excluding carboxylic acids is 2. The van der Waals surface area contributed by atoms with E-state index in [2.05, 4.69) is 30.5 Å². The summed E-state index contributed by atoms with van der Waals surface area (Å²) in [5.74, 6) is -0.927. The van der Waals surface area contributed by atoms with E-state index in [1.807, 2.05) is 0 Å². The molecule has 3 atom stereocenters. The lowest BCUT2D eigenvalue weighted by Crippen LogP contribution is -2.29. The smallest absolute Gasteiger partial charge is 0.462 e. The molecule has 10 nitrogen and oxygen atoms in total. The van der Waals surface area contributed by atoms with Gasteiger partial charge in [-0.15, -0.1) is 0 Å². The molecule has 51 heavy (non-hydrogen) atoms. The highest BCUT2D eigenvalue weighted by Crippen LogP contribution is 2.43. The number of ether oxygens (including phenoxy) is 2. The van der Waals surface area contributed by atoms with Gasteiger partial charge in [0.15, 0.2) is 6.10 Å². The fraction of sp³-hybridized carbons (Fsp3) is 0.900. The number of hydrogen-bond acceptors (Lipinski definition) is 9. The highest BCUT2D eigenvalue weighted by molar-refractivity contribution is 7.47. The van der Waals surface area contributed by atoms with Gasteiger partial charge in [-0.2, -0.15) is 0 Å². The quantitative estimate of drug-likeness (QED) is 0.0240. The van der Waals surface area contributed by atoms with Crippen LogP contribution in [0.4, 0.5) is 0 Å². The van der Waals surface area contributed by atoms with Crippen LogP contribution < -0.4 is 0 Å². The molecule has 11 heteroatoms. The van der Waals surface area contributed by atoms with E-state index in [1.165, 1.54) is 96.3 Å². The Labute approximate surface area is 311 Å². The third-order valence-corrected chi connectivity index (χ3v) is 9.87. The molecule has 1 unspecified atom stereocenters. The van der Waals surface area contributed by atoms with Gasteiger partial charge in [-0.05, 0) is 38.5 Å². The van der Waals surface area contributed by atoms with Gasteiger partial charge in [0.1, 0.15) is 12.7 Å². The van der Waals surface area contributed by atoms with Gasteiger partial charge in [-0.3, -0.25) is 18.6 Å². The van der Waals surface area contributed by atoms with Gasteiger partial charge in [0.25, 0.3) is 0 Å². The summed E-state index contributed by atoms with van der Waals surface area (Å²) in [5, 5.41) is 18.3. The number of rotatable bonds is 39. The SMILES string of the molecule is CCCCCCCC/C=C\CCCCCCCC(=O)O[C@@H](COC(=O)CCCCCCCCCCCCCCC)COP(=O)(O)OC[C@H](O)CO. The van der Waals surface area contributed by atoms with E-state index in [9.17, 15) is 24.2 Å². The first-order chi connectivity index (χ1) is 24.7. The number of esters is 2. The van der Waals surface area contributed by atoms with Crippen LogP contribution in [0.5, 0.6) is 0 Å². The molecule has 0 bridgehead atoms. The molecule has 3 N–H and O–H groups in total. The number of aliphatic hydroxyl groups is 2. The van der Waals surface area contributed by atoms with E-state index in [4.69, 9.17) is 19.1 Å². The van der Waals surface area contributed by atoms with Gasteiger partial charge < -0.3 is 24.6 Å². The fourth-order valence-corrected chi connectivity index (χ4v) is 6.48. The predicted molar refractivity (Wildman–Crippen MR) is 205 cm³/mol. The van der Waals surface area contributed by atoms with Gasteiger partial charge in [0.2, 0.25) is 0 Å². The molecule has 0 saturated carbocycles. The number of phosphoric ester groups is 1. The first kappa shape index (κ1) is 49.7. The van der Waals surface area contributed by atoms with Gasteiger partial charge in [0, 0.05) is 12.8 Å². The van der Waals surface area contributed by atoms with Crippen molar-refractivity contribution >= 4 is 19.8 Å². The summed E-state index contributed by atoms with van der Waals surface area (Å²) in [6, 6.07) is 0. The minimum atomic E-state index is -4.61. The summed E-state index contributed by atoms with van der Waals surface area (Å²) in [4.78, 5) is 34.9. The zero-order valence-corrected chi connectivity index (χ0v) is 33.5. The lowest BCUT2D eigenvalue weighted by atomic mass is 10.0. The Balaban J connectivity index is 4.32. The highest BCUT2D eigenvalue weighted by atomic mass is 31.2. The summed E-state index contributed by atoms with van der Waals surface area (Å²) >= 11 is 0. The molecule has 0 saturated heterocycles. The monoisotopic (exact) mass is 749 g/mol. The second kappa shape index (κ2) is 37.0. The van der Waals surface area contributed by atoms with Crippen LogP contribution in [-0.4, -0.2) is 65.7 Å². The molecule has 0 fully saturated rings. The maximum atomic E-state index is 12.6. The van der Waals surface area contributed by atoms with Crippen LogP contribution in [0.25, 0.3) is 0 Å². The van der Waals surface area contributed by atoms with Gasteiger partial charge in [0.05, 0.1) is 19.8 Å². The van der Waals surface area contributed by atoms with Crippen molar-refractivity contribution in [2.45, 2.75) is 206 Å². The van der Waals surface area contributed by atoms with Crippen molar-refractivity contribution in [2.75, 3.05) is 26.4 Å².